The molecule has 0 heterocycles. The lowest BCUT2D eigenvalue weighted by Gasteiger charge is -2.46. The molecular formula is C20H35FO2S. The highest BCUT2D eigenvalue weighted by molar-refractivity contribution is 7.96. The second-order valence-corrected chi connectivity index (χ2v) is 12.1. The summed E-state index contributed by atoms with van der Waals surface area (Å²) in [6.07, 6.45) is 8.22. The van der Waals surface area contributed by atoms with Crippen molar-refractivity contribution in [2.45, 2.75) is 84.8 Å². The molecule has 2 aliphatic rings. The fourth-order valence-corrected chi connectivity index (χ4v) is 6.29. The Morgan fingerprint density at radius 2 is 1.92 bits per heavy atom. The van der Waals surface area contributed by atoms with Crippen LogP contribution in [-0.4, -0.2) is 13.2 Å². The molecule has 2 saturated carbocycles. The molecule has 0 amide bonds. The maximum Gasteiger partial charge on any atom is 0.211 e. The van der Waals surface area contributed by atoms with Gasteiger partial charge < -0.3 is 0 Å². The van der Waals surface area contributed by atoms with E-state index in [1.807, 2.05) is 0 Å². The topological polar surface area (TPSA) is 34.1 Å². The first kappa shape index (κ1) is 19.9. The van der Waals surface area contributed by atoms with Crippen LogP contribution in [-0.2, 0) is 9.84 Å². The molecule has 0 aromatic heterocycles. The molecule has 0 aromatic carbocycles. The van der Waals surface area contributed by atoms with E-state index in [0.29, 0.717) is 23.7 Å². The minimum Gasteiger partial charge on any atom is -0.221 e. The largest absolute Gasteiger partial charge is 0.221 e. The van der Waals surface area contributed by atoms with Crippen LogP contribution in [0.15, 0.2) is 11.2 Å². The van der Waals surface area contributed by atoms with Gasteiger partial charge in [0.2, 0.25) is 15.0 Å². The van der Waals surface area contributed by atoms with Crippen molar-refractivity contribution in [3.05, 3.63) is 11.2 Å². The number of halogens is 1. The number of allylic oxidation sites excluding steroid dienone is 1. The molecule has 0 spiro atoms. The van der Waals surface area contributed by atoms with E-state index in [-0.39, 0.29) is 0 Å². The zero-order valence-corrected chi connectivity index (χ0v) is 17.0. The molecule has 5 atom stereocenters. The summed E-state index contributed by atoms with van der Waals surface area (Å²) in [5, 5.41) is -0.946. The van der Waals surface area contributed by atoms with Gasteiger partial charge in [-0.2, -0.15) is 4.39 Å². The van der Waals surface area contributed by atoms with Crippen molar-refractivity contribution in [1.29, 1.82) is 0 Å². The van der Waals surface area contributed by atoms with Gasteiger partial charge in [-0.1, -0.05) is 33.6 Å². The average molecular weight is 359 g/mol. The molecule has 0 N–H and O–H groups in total. The highest BCUT2D eigenvalue weighted by atomic mass is 32.2. The Bertz CT molecular complexity index is 587. The van der Waals surface area contributed by atoms with Crippen LogP contribution in [0.5, 0.6) is 0 Å². The summed E-state index contributed by atoms with van der Waals surface area (Å²) in [5.74, 6) is 2.47. The summed E-state index contributed by atoms with van der Waals surface area (Å²) in [6, 6.07) is 0. The van der Waals surface area contributed by atoms with Gasteiger partial charge in [-0.15, -0.1) is 0 Å². The second-order valence-electron chi connectivity index (χ2n) is 9.50. The van der Waals surface area contributed by atoms with E-state index in [1.165, 1.54) is 38.2 Å². The first-order valence-electron chi connectivity index (χ1n) is 9.51. The minimum absolute atomic E-state index is 0.325. The van der Waals surface area contributed by atoms with Crippen molar-refractivity contribution in [2.24, 2.45) is 29.1 Å². The molecule has 4 heteroatoms. The molecule has 2 rings (SSSR count). The van der Waals surface area contributed by atoms with E-state index in [1.54, 1.807) is 20.8 Å². The third-order valence-corrected chi connectivity index (χ3v) is 9.24. The molecule has 2 aliphatic carbocycles. The lowest BCUT2D eigenvalue weighted by molar-refractivity contribution is 0.0374. The molecule has 0 unspecified atom stereocenters. The van der Waals surface area contributed by atoms with Gasteiger partial charge in [0.25, 0.3) is 0 Å². The second kappa shape index (κ2) is 6.74. The van der Waals surface area contributed by atoms with Gasteiger partial charge in [0, 0.05) is 0 Å². The van der Waals surface area contributed by atoms with Gasteiger partial charge >= 0.3 is 0 Å². The van der Waals surface area contributed by atoms with Crippen LogP contribution in [0.25, 0.3) is 0 Å². The van der Waals surface area contributed by atoms with E-state index in [9.17, 15) is 12.8 Å². The Kier molecular flexibility index (Phi) is 5.60. The molecule has 140 valence electrons. The number of hydrogen-bond acceptors (Lipinski definition) is 2. The van der Waals surface area contributed by atoms with Gasteiger partial charge in [0.05, 0.1) is 4.75 Å². The molecule has 24 heavy (non-hydrogen) atoms. The van der Waals surface area contributed by atoms with Gasteiger partial charge in [-0.25, -0.2) is 8.42 Å². The molecule has 0 bridgehead atoms. The standard InChI is InChI=1S/C20H35FO2S/c1-14-8-7-13-20(6)16(14)10-11-17(20)15(2)9-12-18(21)24(22,23)19(3,4)5/h12,14-17H,7-11,13H2,1-6H3/b18-12+/t14-,15+,16-,17+,20-/m0/s1. The average Bonchev–Trinajstić information content (AvgIpc) is 2.81. The summed E-state index contributed by atoms with van der Waals surface area (Å²) in [4.78, 5) is 0. The monoisotopic (exact) mass is 358 g/mol. The fourth-order valence-electron chi connectivity index (χ4n) is 5.38. The molecule has 0 radical (unpaired) electrons. The van der Waals surface area contributed by atoms with Crippen molar-refractivity contribution in [3.63, 3.8) is 0 Å². The SMILES string of the molecule is C[C@H](C/C=C(\F)S(=O)(=O)C(C)(C)C)[C@H]1CC[C@H]2[C@@H](C)CCC[C@]12C. The van der Waals surface area contributed by atoms with Crippen molar-refractivity contribution in [3.8, 4) is 0 Å². The van der Waals surface area contributed by atoms with Crippen LogP contribution in [0, 0.1) is 29.1 Å². The summed E-state index contributed by atoms with van der Waals surface area (Å²) in [7, 11) is -3.85. The molecule has 0 saturated heterocycles. The summed E-state index contributed by atoms with van der Waals surface area (Å²) >= 11 is 0. The predicted molar refractivity (Wildman–Crippen MR) is 99.0 cm³/mol. The van der Waals surface area contributed by atoms with Crippen LogP contribution in [0.3, 0.4) is 0 Å². The van der Waals surface area contributed by atoms with Gasteiger partial charge in [0.1, 0.15) is 0 Å². The molecule has 2 nitrogen and oxygen atoms in total. The Balaban J connectivity index is 2.11. The minimum atomic E-state index is -3.85. The Labute approximate surface area is 148 Å². The predicted octanol–water partition coefficient (Wildman–Crippen LogP) is 5.89. The zero-order chi connectivity index (χ0) is 18.3. The van der Waals surface area contributed by atoms with E-state index in [2.05, 4.69) is 20.8 Å². The number of hydrogen-bond donors (Lipinski definition) is 0. The first-order valence-corrected chi connectivity index (χ1v) is 11.0. The van der Waals surface area contributed by atoms with Crippen molar-refractivity contribution < 1.29 is 12.8 Å². The Morgan fingerprint density at radius 3 is 2.50 bits per heavy atom. The fraction of sp³-hybridized carbons (Fsp3) is 0.900. The van der Waals surface area contributed by atoms with E-state index >= 15 is 0 Å². The molecular weight excluding hydrogens is 323 g/mol. The lowest BCUT2D eigenvalue weighted by atomic mass is 9.59. The maximum atomic E-state index is 14.3. The number of sulfone groups is 1. The third-order valence-electron chi connectivity index (χ3n) is 6.94. The van der Waals surface area contributed by atoms with Crippen LogP contribution in [0.4, 0.5) is 4.39 Å². The van der Waals surface area contributed by atoms with Crippen LogP contribution >= 0.6 is 0 Å². The maximum absolute atomic E-state index is 14.3. The van der Waals surface area contributed by atoms with Crippen molar-refractivity contribution in [2.75, 3.05) is 0 Å². The molecule has 2 fully saturated rings. The molecule has 0 aromatic rings. The normalized spacial score (nSPS) is 36.5. The van der Waals surface area contributed by atoms with Gasteiger partial charge in [-0.3, -0.25) is 0 Å². The van der Waals surface area contributed by atoms with Crippen LogP contribution in [0.1, 0.15) is 80.1 Å². The third kappa shape index (κ3) is 3.45. The zero-order valence-electron chi connectivity index (χ0n) is 16.2. The number of rotatable bonds is 4. The first-order chi connectivity index (χ1) is 10.9. The van der Waals surface area contributed by atoms with E-state index in [0.717, 1.165) is 11.8 Å². The summed E-state index contributed by atoms with van der Waals surface area (Å²) in [6.45, 7) is 11.6. The van der Waals surface area contributed by atoms with Crippen LogP contribution < -0.4 is 0 Å². The lowest BCUT2D eigenvalue weighted by Crippen LogP contribution is -2.38. The number of fused-ring (bicyclic) bond motifs is 1. The van der Waals surface area contributed by atoms with Crippen molar-refractivity contribution in [1.82, 2.24) is 0 Å². The van der Waals surface area contributed by atoms with Gasteiger partial charge in [-0.05, 0) is 81.6 Å². The highest BCUT2D eigenvalue weighted by Crippen LogP contribution is 2.59. The van der Waals surface area contributed by atoms with E-state index in [4.69, 9.17) is 0 Å². The van der Waals surface area contributed by atoms with Gasteiger partial charge in [0.15, 0.2) is 0 Å². The Hall–Kier alpha value is -0.380. The Morgan fingerprint density at radius 1 is 1.29 bits per heavy atom. The smallest absolute Gasteiger partial charge is 0.211 e. The quantitative estimate of drug-likeness (QED) is 0.628. The van der Waals surface area contributed by atoms with E-state index < -0.39 is 19.7 Å². The summed E-state index contributed by atoms with van der Waals surface area (Å²) < 4.78 is 37.6. The molecule has 0 aliphatic heterocycles. The summed E-state index contributed by atoms with van der Waals surface area (Å²) in [5.41, 5.74) is 0.351. The highest BCUT2D eigenvalue weighted by Gasteiger charge is 2.51. The van der Waals surface area contributed by atoms with Crippen LogP contribution in [0.2, 0.25) is 0 Å². The van der Waals surface area contributed by atoms with Crippen molar-refractivity contribution >= 4 is 9.84 Å².